The van der Waals surface area contributed by atoms with E-state index in [1.54, 1.807) is 26.2 Å². The van der Waals surface area contributed by atoms with Crippen LogP contribution in [0.25, 0.3) is 10.1 Å². The molecule has 1 N–H and O–H groups in total. The fourth-order valence-electron chi connectivity index (χ4n) is 3.41. The van der Waals surface area contributed by atoms with Crippen molar-refractivity contribution in [2.45, 2.75) is 31.2 Å². The van der Waals surface area contributed by atoms with Crippen LogP contribution >= 0.6 is 34.7 Å². The number of amides is 1. The molecule has 36 heavy (non-hydrogen) atoms. The lowest BCUT2D eigenvalue weighted by atomic mass is 10.1. The van der Waals surface area contributed by atoms with Gasteiger partial charge in [0.15, 0.2) is 5.16 Å². The van der Waals surface area contributed by atoms with Crippen molar-refractivity contribution < 1.29 is 18.3 Å². The molecule has 0 saturated heterocycles. The summed E-state index contributed by atoms with van der Waals surface area (Å²) in [7, 11) is 1.55. The van der Waals surface area contributed by atoms with Gasteiger partial charge in [0.2, 0.25) is 0 Å². The van der Waals surface area contributed by atoms with Crippen LogP contribution in [0.3, 0.4) is 0 Å². The van der Waals surface area contributed by atoms with Gasteiger partial charge >= 0.3 is 0 Å². The maximum absolute atomic E-state index is 13.1. The Bertz CT molecular complexity index is 1460. The first-order valence-corrected chi connectivity index (χ1v) is 12.9. The molecule has 0 radical (unpaired) electrons. The smallest absolute Gasteiger partial charge is 0.283 e. The lowest BCUT2D eigenvalue weighted by molar-refractivity contribution is 0.0959. The maximum Gasteiger partial charge on any atom is 0.283 e. The van der Waals surface area contributed by atoms with Gasteiger partial charge in [-0.15, -0.1) is 11.3 Å². The number of alkyl halides is 2. The van der Waals surface area contributed by atoms with Gasteiger partial charge in [-0.05, 0) is 55.3 Å². The van der Waals surface area contributed by atoms with E-state index in [0.717, 1.165) is 21.2 Å². The van der Waals surface area contributed by atoms with Gasteiger partial charge in [-0.3, -0.25) is 4.79 Å². The molecule has 0 unspecified atom stereocenters. The number of carbonyl (C=O) groups is 1. The van der Waals surface area contributed by atoms with Gasteiger partial charge < -0.3 is 4.74 Å². The number of aromatic nitrogens is 2. The van der Waals surface area contributed by atoms with Crippen LogP contribution in [0.2, 0.25) is 5.02 Å². The van der Waals surface area contributed by atoms with Crippen molar-refractivity contribution in [2.75, 3.05) is 7.11 Å². The number of nitrogens with zero attached hydrogens (tertiary/aromatic N) is 3. The third kappa shape index (κ3) is 6.00. The molecule has 0 atom stereocenters. The summed E-state index contributed by atoms with van der Waals surface area (Å²) >= 11 is 8.94. The fourth-order valence-corrected chi connectivity index (χ4v) is 5.80. The standard InChI is InChI=1S/C25H21ClF2N4O2S2/c1-13-4-6-17-20(8-13)36-22(21(17)26)24(33)32-29-11-15-5-7-19(34-3)16(10-15)12-35-25-30-14(2)9-18(31-25)23(27)28/h4-11,23H,12H2,1-3H3,(H,32,33). The summed E-state index contributed by atoms with van der Waals surface area (Å²) in [5, 5.41) is 5.56. The number of carbonyl (C=O) groups excluding carboxylic acids is 1. The quantitative estimate of drug-likeness (QED) is 0.112. The van der Waals surface area contributed by atoms with Gasteiger partial charge in [0.25, 0.3) is 12.3 Å². The summed E-state index contributed by atoms with van der Waals surface area (Å²) in [4.78, 5) is 21.2. The number of hydrazone groups is 1. The second-order valence-electron chi connectivity index (χ2n) is 7.82. The van der Waals surface area contributed by atoms with Crippen LogP contribution in [0, 0.1) is 13.8 Å². The van der Waals surface area contributed by atoms with Gasteiger partial charge in [-0.2, -0.15) is 5.10 Å². The second-order valence-corrected chi connectivity index (χ2v) is 10.2. The molecule has 6 nitrogen and oxygen atoms in total. The molecule has 0 fully saturated rings. The number of hydrogen-bond acceptors (Lipinski definition) is 7. The number of thioether (sulfide) groups is 1. The Balaban J connectivity index is 1.46. The van der Waals surface area contributed by atoms with E-state index in [2.05, 4.69) is 20.5 Å². The van der Waals surface area contributed by atoms with Crippen LogP contribution in [0.4, 0.5) is 8.78 Å². The van der Waals surface area contributed by atoms with Crippen LogP contribution in [0.5, 0.6) is 5.75 Å². The van der Waals surface area contributed by atoms with Gasteiger partial charge in [0, 0.05) is 27.1 Å². The average Bonchev–Trinajstić information content (AvgIpc) is 3.17. The zero-order valence-electron chi connectivity index (χ0n) is 19.5. The highest BCUT2D eigenvalue weighted by Crippen LogP contribution is 2.35. The molecule has 1 amide bonds. The minimum absolute atomic E-state index is 0.258. The number of hydrogen-bond donors (Lipinski definition) is 1. The number of fused-ring (bicyclic) bond motifs is 1. The van der Waals surface area contributed by atoms with Crippen molar-refractivity contribution in [3.63, 3.8) is 0 Å². The third-order valence-corrected chi connectivity index (χ3v) is 7.66. The molecule has 0 aliphatic carbocycles. The molecule has 0 aliphatic heterocycles. The summed E-state index contributed by atoms with van der Waals surface area (Å²) < 4.78 is 32.5. The van der Waals surface area contributed by atoms with Crippen molar-refractivity contribution >= 4 is 56.9 Å². The average molecular weight is 547 g/mol. The largest absolute Gasteiger partial charge is 0.496 e. The van der Waals surface area contributed by atoms with Crippen LogP contribution in [-0.2, 0) is 5.75 Å². The number of halogens is 3. The number of thiophene rings is 1. The predicted octanol–water partition coefficient (Wildman–Crippen LogP) is 6.96. The number of benzene rings is 2. The molecule has 4 aromatic rings. The molecule has 4 rings (SSSR count). The van der Waals surface area contributed by atoms with Gasteiger partial charge in [-0.1, -0.05) is 35.5 Å². The number of ether oxygens (including phenoxy) is 1. The topological polar surface area (TPSA) is 76.5 Å². The first kappa shape index (κ1) is 26.0. The Morgan fingerprint density at radius 2 is 2.03 bits per heavy atom. The SMILES string of the molecule is COc1ccc(C=NNC(=O)c2sc3cc(C)ccc3c2Cl)cc1CSc1nc(C)cc(C(F)F)n1. The summed E-state index contributed by atoms with van der Waals surface area (Å²) in [5.41, 5.74) is 5.28. The molecular formula is C25H21ClF2N4O2S2. The van der Waals surface area contributed by atoms with Crippen LogP contribution in [0.1, 0.15) is 44.2 Å². The molecule has 186 valence electrons. The first-order chi connectivity index (χ1) is 17.2. The van der Waals surface area contributed by atoms with Gasteiger partial charge in [0.05, 0.1) is 18.3 Å². The Hall–Kier alpha value is -3.08. The van der Waals surface area contributed by atoms with Crippen molar-refractivity contribution in [3.05, 3.63) is 80.4 Å². The second kappa shape index (κ2) is 11.3. The third-order valence-electron chi connectivity index (χ3n) is 5.11. The Morgan fingerprint density at radius 3 is 2.78 bits per heavy atom. The van der Waals surface area contributed by atoms with Crippen molar-refractivity contribution in [1.82, 2.24) is 15.4 Å². The van der Waals surface area contributed by atoms with Crippen LogP contribution in [-0.4, -0.2) is 29.2 Å². The zero-order valence-corrected chi connectivity index (χ0v) is 21.9. The van der Waals surface area contributed by atoms with E-state index in [-0.39, 0.29) is 10.9 Å². The van der Waals surface area contributed by atoms with Crippen molar-refractivity contribution in [3.8, 4) is 5.75 Å². The molecule has 2 heterocycles. The summed E-state index contributed by atoms with van der Waals surface area (Å²) in [6.07, 6.45) is -1.16. The van der Waals surface area contributed by atoms with E-state index in [0.29, 0.717) is 32.7 Å². The van der Waals surface area contributed by atoms with E-state index < -0.39 is 12.3 Å². The highest BCUT2D eigenvalue weighted by Gasteiger charge is 2.17. The van der Waals surface area contributed by atoms with E-state index in [1.807, 2.05) is 31.2 Å². The highest BCUT2D eigenvalue weighted by molar-refractivity contribution is 7.98. The summed E-state index contributed by atoms with van der Waals surface area (Å²) in [6.45, 7) is 3.63. The van der Waals surface area contributed by atoms with Crippen molar-refractivity contribution in [1.29, 1.82) is 0 Å². The van der Waals surface area contributed by atoms with Crippen LogP contribution < -0.4 is 10.2 Å². The zero-order chi connectivity index (χ0) is 25.8. The molecule has 0 bridgehead atoms. The number of rotatable bonds is 8. The lowest BCUT2D eigenvalue weighted by Crippen LogP contribution is -2.16. The van der Waals surface area contributed by atoms with E-state index in [1.165, 1.54) is 35.4 Å². The molecule has 2 aromatic heterocycles. The monoisotopic (exact) mass is 546 g/mol. The fraction of sp³-hybridized carbons (Fsp3) is 0.200. The lowest BCUT2D eigenvalue weighted by Gasteiger charge is -2.10. The predicted molar refractivity (Wildman–Crippen MR) is 141 cm³/mol. The summed E-state index contributed by atoms with van der Waals surface area (Å²) in [6, 6.07) is 12.5. The maximum atomic E-state index is 13.1. The molecule has 0 saturated carbocycles. The number of nitrogens with one attached hydrogen (secondary N) is 1. The van der Waals surface area contributed by atoms with E-state index >= 15 is 0 Å². The Morgan fingerprint density at radius 1 is 1.22 bits per heavy atom. The van der Waals surface area contributed by atoms with Gasteiger partial charge in [0.1, 0.15) is 16.3 Å². The van der Waals surface area contributed by atoms with E-state index in [9.17, 15) is 13.6 Å². The normalized spacial score (nSPS) is 11.5. The molecule has 2 aromatic carbocycles. The molecule has 0 spiro atoms. The number of methoxy groups -OCH3 is 1. The minimum atomic E-state index is -2.66. The molecular weight excluding hydrogens is 526 g/mol. The molecule has 11 heteroatoms. The van der Waals surface area contributed by atoms with Gasteiger partial charge in [-0.25, -0.2) is 24.2 Å². The Kier molecular flexibility index (Phi) is 8.17. The number of aryl methyl sites for hydroxylation is 2. The minimum Gasteiger partial charge on any atom is -0.496 e. The summed E-state index contributed by atoms with van der Waals surface area (Å²) in [5.74, 6) is 0.615. The highest BCUT2D eigenvalue weighted by atomic mass is 35.5. The van der Waals surface area contributed by atoms with Crippen LogP contribution in [0.15, 0.2) is 52.7 Å². The van der Waals surface area contributed by atoms with Crippen molar-refractivity contribution in [2.24, 2.45) is 5.10 Å². The Labute approximate surface area is 219 Å². The van der Waals surface area contributed by atoms with E-state index in [4.69, 9.17) is 16.3 Å². The molecule has 0 aliphatic rings. The first-order valence-electron chi connectivity index (χ1n) is 10.7.